The Kier molecular flexibility index (Phi) is 4.04. The van der Waals surface area contributed by atoms with E-state index >= 15 is 0 Å². The SMILES string of the molecule is COC(=O)Cc1nccc(-c2ccc(Br)cc2)n1. The van der Waals surface area contributed by atoms with Gasteiger partial charge in [0.2, 0.25) is 0 Å². The van der Waals surface area contributed by atoms with Crippen molar-refractivity contribution in [2.75, 3.05) is 7.11 Å². The molecule has 2 aromatic rings. The molecule has 0 aliphatic carbocycles. The van der Waals surface area contributed by atoms with E-state index < -0.39 is 0 Å². The van der Waals surface area contributed by atoms with Crippen LogP contribution in [-0.2, 0) is 16.0 Å². The van der Waals surface area contributed by atoms with E-state index in [1.165, 1.54) is 7.11 Å². The molecule has 0 atom stereocenters. The Morgan fingerprint density at radius 3 is 2.67 bits per heavy atom. The highest BCUT2D eigenvalue weighted by atomic mass is 79.9. The third-order valence-electron chi connectivity index (χ3n) is 2.38. The van der Waals surface area contributed by atoms with Crippen LogP contribution < -0.4 is 0 Å². The maximum absolute atomic E-state index is 11.2. The zero-order valence-electron chi connectivity index (χ0n) is 9.76. The Morgan fingerprint density at radius 1 is 1.28 bits per heavy atom. The van der Waals surface area contributed by atoms with Gasteiger partial charge < -0.3 is 4.74 Å². The van der Waals surface area contributed by atoms with Crippen LogP contribution in [0.3, 0.4) is 0 Å². The van der Waals surface area contributed by atoms with Gasteiger partial charge in [0.15, 0.2) is 0 Å². The molecular weight excluding hydrogens is 296 g/mol. The highest BCUT2D eigenvalue weighted by Gasteiger charge is 2.07. The van der Waals surface area contributed by atoms with Crippen LogP contribution in [0.1, 0.15) is 5.82 Å². The number of hydrogen-bond donors (Lipinski definition) is 0. The Balaban J connectivity index is 2.26. The number of carbonyl (C=O) groups excluding carboxylic acids is 1. The summed E-state index contributed by atoms with van der Waals surface area (Å²) in [7, 11) is 1.35. The smallest absolute Gasteiger partial charge is 0.313 e. The maximum Gasteiger partial charge on any atom is 0.313 e. The van der Waals surface area contributed by atoms with Crippen LogP contribution >= 0.6 is 15.9 Å². The molecule has 1 heterocycles. The van der Waals surface area contributed by atoms with Crippen LogP contribution in [0.5, 0.6) is 0 Å². The zero-order valence-corrected chi connectivity index (χ0v) is 11.3. The van der Waals surface area contributed by atoms with Crippen LogP contribution in [0.25, 0.3) is 11.3 Å². The van der Waals surface area contributed by atoms with Crippen molar-refractivity contribution in [1.29, 1.82) is 0 Å². The van der Waals surface area contributed by atoms with Crippen molar-refractivity contribution >= 4 is 21.9 Å². The number of halogens is 1. The number of esters is 1. The minimum absolute atomic E-state index is 0.0842. The average molecular weight is 307 g/mol. The van der Waals surface area contributed by atoms with E-state index in [0.717, 1.165) is 15.7 Å². The van der Waals surface area contributed by atoms with E-state index in [1.54, 1.807) is 6.20 Å². The fourth-order valence-corrected chi connectivity index (χ4v) is 1.73. The number of aromatic nitrogens is 2. The summed E-state index contributed by atoms with van der Waals surface area (Å²) in [5.74, 6) is 0.116. The Morgan fingerprint density at radius 2 is 2.00 bits per heavy atom. The molecule has 0 amide bonds. The van der Waals surface area contributed by atoms with Crippen molar-refractivity contribution in [1.82, 2.24) is 9.97 Å². The summed E-state index contributed by atoms with van der Waals surface area (Å²) < 4.78 is 5.60. The zero-order chi connectivity index (χ0) is 13.0. The Labute approximate surface area is 113 Å². The molecule has 0 N–H and O–H groups in total. The van der Waals surface area contributed by atoms with Crippen molar-refractivity contribution in [2.24, 2.45) is 0 Å². The summed E-state index contributed by atoms with van der Waals surface area (Å²) in [6.07, 6.45) is 1.73. The number of benzene rings is 1. The molecule has 0 bridgehead atoms. The van der Waals surface area contributed by atoms with Crippen molar-refractivity contribution in [3.63, 3.8) is 0 Å². The molecule has 0 radical (unpaired) electrons. The second-order valence-electron chi connectivity index (χ2n) is 3.62. The van der Waals surface area contributed by atoms with Crippen molar-refractivity contribution in [3.8, 4) is 11.3 Å². The van der Waals surface area contributed by atoms with E-state index in [9.17, 15) is 4.79 Å². The number of hydrogen-bond acceptors (Lipinski definition) is 4. The Hall–Kier alpha value is -1.75. The minimum atomic E-state index is -0.344. The summed E-state index contributed by atoms with van der Waals surface area (Å²) in [6, 6.07) is 9.60. The molecule has 2 rings (SSSR count). The third kappa shape index (κ3) is 3.13. The molecular formula is C13H11BrN2O2. The van der Waals surface area contributed by atoms with Gasteiger partial charge in [-0.2, -0.15) is 0 Å². The largest absolute Gasteiger partial charge is 0.469 e. The molecule has 0 spiro atoms. The molecule has 5 heteroatoms. The lowest BCUT2D eigenvalue weighted by Gasteiger charge is -2.03. The molecule has 0 aliphatic heterocycles. The van der Waals surface area contributed by atoms with Gasteiger partial charge in [0, 0.05) is 16.2 Å². The fourth-order valence-electron chi connectivity index (χ4n) is 1.47. The lowest BCUT2D eigenvalue weighted by atomic mass is 10.1. The second-order valence-corrected chi connectivity index (χ2v) is 4.53. The highest BCUT2D eigenvalue weighted by molar-refractivity contribution is 9.10. The first kappa shape index (κ1) is 12.7. The standard InChI is InChI=1S/C13H11BrN2O2/c1-18-13(17)8-12-15-7-6-11(16-12)9-2-4-10(14)5-3-9/h2-7H,8H2,1H3. The average Bonchev–Trinajstić information content (AvgIpc) is 2.40. The van der Waals surface area contributed by atoms with Gasteiger partial charge in [0.05, 0.1) is 12.8 Å². The van der Waals surface area contributed by atoms with E-state index in [1.807, 2.05) is 30.3 Å². The third-order valence-corrected chi connectivity index (χ3v) is 2.90. The summed E-state index contributed by atoms with van der Waals surface area (Å²) in [5.41, 5.74) is 1.77. The second kappa shape index (κ2) is 5.73. The maximum atomic E-state index is 11.2. The van der Waals surface area contributed by atoms with Gasteiger partial charge in [0.25, 0.3) is 0 Å². The van der Waals surface area contributed by atoms with Gasteiger partial charge >= 0.3 is 5.97 Å². The minimum Gasteiger partial charge on any atom is -0.469 e. The summed E-state index contributed by atoms with van der Waals surface area (Å²) in [5, 5.41) is 0. The molecule has 0 aliphatic rings. The van der Waals surface area contributed by atoms with Gasteiger partial charge in [-0.3, -0.25) is 4.79 Å². The van der Waals surface area contributed by atoms with Crippen LogP contribution in [-0.4, -0.2) is 23.0 Å². The van der Waals surface area contributed by atoms with Crippen LogP contribution in [0.2, 0.25) is 0 Å². The normalized spacial score (nSPS) is 10.1. The first-order valence-corrected chi connectivity index (χ1v) is 6.13. The topological polar surface area (TPSA) is 52.1 Å². The van der Waals surface area contributed by atoms with Crippen molar-refractivity contribution < 1.29 is 9.53 Å². The molecule has 0 saturated carbocycles. The van der Waals surface area contributed by atoms with Crippen LogP contribution in [0.4, 0.5) is 0 Å². The number of ether oxygens (including phenoxy) is 1. The van der Waals surface area contributed by atoms with Gasteiger partial charge in [-0.1, -0.05) is 28.1 Å². The van der Waals surface area contributed by atoms with E-state index in [2.05, 4.69) is 30.6 Å². The molecule has 1 aromatic carbocycles. The van der Waals surface area contributed by atoms with Gasteiger partial charge in [-0.05, 0) is 18.2 Å². The molecule has 0 unspecified atom stereocenters. The Bertz CT molecular complexity index is 555. The molecule has 4 nitrogen and oxygen atoms in total. The van der Waals surface area contributed by atoms with E-state index in [-0.39, 0.29) is 12.4 Å². The number of carbonyl (C=O) groups is 1. The molecule has 1 aromatic heterocycles. The number of methoxy groups -OCH3 is 1. The van der Waals surface area contributed by atoms with Crippen LogP contribution in [0.15, 0.2) is 41.0 Å². The molecule has 92 valence electrons. The monoisotopic (exact) mass is 306 g/mol. The van der Waals surface area contributed by atoms with Crippen molar-refractivity contribution in [3.05, 3.63) is 46.8 Å². The number of nitrogens with zero attached hydrogens (tertiary/aromatic N) is 2. The van der Waals surface area contributed by atoms with E-state index in [0.29, 0.717) is 5.82 Å². The predicted molar refractivity (Wildman–Crippen MR) is 70.9 cm³/mol. The summed E-state index contributed by atoms with van der Waals surface area (Å²) in [6.45, 7) is 0. The van der Waals surface area contributed by atoms with Crippen LogP contribution in [0, 0.1) is 0 Å². The van der Waals surface area contributed by atoms with Gasteiger partial charge in [-0.15, -0.1) is 0 Å². The number of rotatable bonds is 3. The predicted octanol–water partition coefficient (Wildman–Crippen LogP) is 2.62. The van der Waals surface area contributed by atoms with Gasteiger partial charge in [0.1, 0.15) is 12.2 Å². The molecule has 18 heavy (non-hydrogen) atoms. The summed E-state index contributed by atoms with van der Waals surface area (Å²) >= 11 is 3.38. The first-order chi connectivity index (χ1) is 8.69. The molecule has 0 fully saturated rings. The van der Waals surface area contributed by atoms with E-state index in [4.69, 9.17) is 0 Å². The van der Waals surface area contributed by atoms with Crippen molar-refractivity contribution in [2.45, 2.75) is 6.42 Å². The summed E-state index contributed by atoms with van der Waals surface area (Å²) in [4.78, 5) is 19.5. The fraction of sp³-hybridized carbons (Fsp3) is 0.154. The van der Waals surface area contributed by atoms with Gasteiger partial charge in [-0.25, -0.2) is 9.97 Å². The first-order valence-electron chi connectivity index (χ1n) is 5.33. The lowest BCUT2D eigenvalue weighted by molar-refractivity contribution is -0.139. The quantitative estimate of drug-likeness (QED) is 0.818. The molecule has 0 saturated heterocycles. The lowest BCUT2D eigenvalue weighted by Crippen LogP contribution is -2.08. The highest BCUT2D eigenvalue weighted by Crippen LogP contribution is 2.19.